The van der Waals surface area contributed by atoms with Gasteiger partial charge in [-0.2, -0.15) is 0 Å². The summed E-state index contributed by atoms with van der Waals surface area (Å²) in [4.78, 5) is 10.5. The largest absolute Gasteiger partial charge is 0.480 e. The Morgan fingerprint density at radius 2 is 2.12 bits per heavy atom. The first-order valence-electron chi connectivity index (χ1n) is 4.92. The second-order valence-electron chi connectivity index (χ2n) is 3.80. The highest BCUT2D eigenvalue weighted by atomic mass is 19.1. The van der Waals surface area contributed by atoms with Crippen molar-refractivity contribution in [3.63, 3.8) is 0 Å². The van der Waals surface area contributed by atoms with Crippen LogP contribution in [0.25, 0.3) is 0 Å². The molecule has 0 heterocycles. The zero-order valence-corrected chi connectivity index (χ0v) is 8.98. The Morgan fingerprint density at radius 1 is 1.50 bits per heavy atom. The van der Waals surface area contributed by atoms with Crippen molar-refractivity contribution < 1.29 is 14.3 Å². The van der Waals surface area contributed by atoms with Gasteiger partial charge in [-0.1, -0.05) is 12.1 Å². The molecule has 2 atom stereocenters. The van der Waals surface area contributed by atoms with Crippen LogP contribution in [-0.2, 0) is 4.79 Å². The molecule has 0 saturated carbocycles. The zero-order valence-electron chi connectivity index (χ0n) is 8.98. The number of hydrogen-bond donors (Lipinski definition) is 3. The number of aliphatic carboxylic acids is 1. The first-order chi connectivity index (χ1) is 7.41. The lowest BCUT2D eigenvalue weighted by molar-refractivity contribution is -0.138. The van der Waals surface area contributed by atoms with Crippen LogP contribution in [0.3, 0.4) is 0 Å². The van der Waals surface area contributed by atoms with Gasteiger partial charge in [0.25, 0.3) is 0 Å². The molecule has 16 heavy (non-hydrogen) atoms. The molecule has 4 nitrogen and oxygen atoms in total. The Balaban J connectivity index is 2.76. The normalized spacial score (nSPS) is 14.5. The van der Waals surface area contributed by atoms with E-state index >= 15 is 0 Å². The van der Waals surface area contributed by atoms with Gasteiger partial charge in [-0.15, -0.1) is 0 Å². The standard InChI is InChI=1S/C11H15FN2O2/c1-6-4-7(2-3-8(6)12)9(13)5-10(14)11(15)16/h2-4,9-10H,5,13-14H2,1H3,(H,15,16). The third kappa shape index (κ3) is 3.01. The minimum atomic E-state index is -1.09. The van der Waals surface area contributed by atoms with Crippen molar-refractivity contribution in [2.45, 2.75) is 25.4 Å². The van der Waals surface area contributed by atoms with Gasteiger partial charge in [0.2, 0.25) is 0 Å². The smallest absolute Gasteiger partial charge is 0.320 e. The second-order valence-corrected chi connectivity index (χ2v) is 3.80. The second kappa shape index (κ2) is 5.05. The molecule has 0 bridgehead atoms. The maximum Gasteiger partial charge on any atom is 0.320 e. The number of hydrogen-bond acceptors (Lipinski definition) is 3. The molecule has 0 amide bonds. The van der Waals surface area contributed by atoms with Crippen LogP contribution in [0.5, 0.6) is 0 Å². The van der Waals surface area contributed by atoms with Crippen molar-refractivity contribution in [1.82, 2.24) is 0 Å². The summed E-state index contributed by atoms with van der Waals surface area (Å²) >= 11 is 0. The van der Waals surface area contributed by atoms with Gasteiger partial charge in [0.05, 0.1) is 0 Å². The summed E-state index contributed by atoms with van der Waals surface area (Å²) in [6, 6.07) is 2.97. The zero-order chi connectivity index (χ0) is 12.3. The molecule has 5 N–H and O–H groups in total. The van der Waals surface area contributed by atoms with E-state index in [-0.39, 0.29) is 12.2 Å². The molecule has 1 aromatic rings. The lowest BCUT2D eigenvalue weighted by atomic mass is 9.99. The number of carboxylic acid groups (broad SMARTS) is 1. The molecule has 5 heteroatoms. The summed E-state index contributed by atoms with van der Waals surface area (Å²) in [5, 5.41) is 8.64. The summed E-state index contributed by atoms with van der Waals surface area (Å²) < 4.78 is 13.0. The van der Waals surface area contributed by atoms with Gasteiger partial charge in [0.15, 0.2) is 0 Å². The SMILES string of the molecule is Cc1cc(C(N)CC(N)C(=O)O)ccc1F. The first kappa shape index (κ1) is 12.6. The van der Waals surface area contributed by atoms with Crippen molar-refractivity contribution in [3.05, 3.63) is 35.1 Å². The molecule has 0 spiro atoms. The van der Waals surface area contributed by atoms with Gasteiger partial charge in [0, 0.05) is 6.04 Å². The average Bonchev–Trinajstić information content (AvgIpc) is 2.21. The highest BCUT2D eigenvalue weighted by molar-refractivity contribution is 5.73. The molecule has 1 aromatic carbocycles. The van der Waals surface area contributed by atoms with E-state index in [1.54, 1.807) is 19.1 Å². The number of nitrogens with two attached hydrogens (primary N) is 2. The van der Waals surface area contributed by atoms with Crippen molar-refractivity contribution >= 4 is 5.97 Å². The average molecular weight is 226 g/mol. The Kier molecular flexibility index (Phi) is 3.98. The van der Waals surface area contributed by atoms with Crippen LogP contribution in [0.1, 0.15) is 23.6 Å². The predicted octanol–water partition coefficient (Wildman–Crippen LogP) is 0.936. The molecule has 0 aliphatic carbocycles. The Labute approximate surface area is 93.1 Å². The van der Waals surface area contributed by atoms with E-state index in [9.17, 15) is 9.18 Å². The Bertz CT molecular complexity index is 396. The molecule has 0 fully saturated rings. The summed E-state index contributed by atoms with van der Waals surface area (Å²) in [6.45, 7) is 1.63. The summed E-state index contributed by atoms with van der Waals surface area (Å²) in [5.41, 5.74) is 12.3. The van der Waals surface area contributed by atoms with E-state index in [2.05, 4.69) is 0 Å². The number of aryl methyl sites for hydroxylation is 1. The number of benzene rings is 1. The molecule has 0 radical (unpaired) electrons. The van der Waals surface area contributed by atoms with E-state index in [1.807, 2.05) is 0 Å². The number of rotatable bonds is 4. The van der Waals surface area contributed by atoms with Crippen LogP contribution in [0.2, 0.25) is 0 Å². The third-order valence-electron chi connectivity index (χ3n) is 2.44. The van der Waals surface area contributed by atoms with E-state index in [0.29, 0.717) is 11.1 Å². The summed E-state index contributed by atoms with van der Waals surface area (Å²) in [7, 11) is 0. The Hall–Kier alpha value is -1.46. The molecule has 1 rings (SSSR count). The van der Waals surface area contributed by atoms with Crippen molar-refractivity contribution in [3.8, 4) is 0 Å². The Morgan fingerprint density at radius 3 is 2.62 bits per heavy atom. The fourth-order valence-electron chi connectivity index (χ4n) is 1.41. The maximum absolute atomic E-state index is 13.0. The number of carbonyl (C=O) groups is 1. The van der Waals surface area contributed by atoms with Crippen molar-refractivity contribution in [2.75, 3.05) is 0 Å². The first-order valence-corrected chi connectivity index (χ1v) is 4.92. The van der Waals surface area contributed by atoms with Crippen LogP contribution in [-0.4, -0.2) is 17.1 Å². The monoisotopic (exact) mass is 226 g/mol. The van der Waals surface area contributed by atoms with Crippen LogP contribution < -0.4 is 11.5 Å². The topological polar surface area (TPSA) is 89.3 Å². The van der Waals surface area contributed by atoms with Gasteiger partial charge in [-0.3, -0.25) is 4.79 Å². The van der Waals surface area contributed by atoms with E-state index in [1.165, 1.54) is 6.07 Å². The van der Waals surface area contributed by atoms with E-state index in [0.717, 1.165) is 0 Å². The van der Waals surface area contributed by atoms with Crippen LogP contribution >= 0.6 is 0 Å². The molecule has 0 aromatic heterocycles. The maximum atomic E-state index is 13.0. The van der Waals surface area contributed by atoms with Crippen molar-refractivity contribution in [1.29, 1.82) is 0 Å². The lowest BCUT2D eigenvalue weighted by Gasteiger charge is -2.15. The van der Waals surface area contributed by atoms with Gasteiger partial charge in [-0.25, -0.2) is 4.39 Å². The minimum Gasteiger partial charge on any atom is -0.480 e. The fourth-order valence-corrected chi connectivity index (χ4v) is 1.41. The van der Waals surface area contributed by atoms with Crippen LogP contribution in [0.4, 0.5) is 4.39 Å². The molecular weight excluding hydrogens is 211 g/mol. The predicted molar refractivity (Wildman–Crippen MR) is 58.3 cm³/mol. The van der Waals surface area contributed by atoms with Gasteiger partial charge in [0.1, 0.15) is 11.9 Å². The highest BCUT2D eigenvalue weighted by Crippen LogP contribution is 2.18. The van der Waals surface area contributed by atoms with Gasteiger partial charge < -0.3 is 16.6 Å². The highest BCUT2D eigenvalue weighted by Gasteiger charge is 2.17. The fraction of sp³-hybridized carbons (Fsp3) is 0.364. The number of halogens is 1. The van der Waals surface area contributed by atoms with Crippen LogP contribution in [0.15, 0.2) is 18.2 Å². The summed E-state index contributed by atoms with van der Waals surface area (Å²) in [6.07, 6.45) is 0.125. The molecular formula is C11H15FN2O2. The molecule has 0 saturated heterocycles. The van der Waals surface area contributed by atoms with E-state index < -0.39 is 18.1 Å². The number of carboxylic acids is 1. The molecule has 0 aliphatic rings. The van der Waals surface area contributed by atoms with Gasteiger partial charge >= 0.3 is 5.97 Å². The third-order valence-corrected chi connectivity index (χ3v) is 2.44. The molecule has 0 aliphatic heterocycles. The van der Waals surface area contributed by atoms with Crippen molar-refractivity contribution in [2.24, 2.45) is 11.5 Å². The van der Waals surface area contributed by atoms with E-state index in [4.69, 9.17) is 16.6 Å². The quantitative estimate of drug-likeness (QED) is 0.712. The minimum absolute atomic E-state index is 0.125. The van der Waals surface area contributed by atoms with Crippen LogP contribution in [0, 0.1) is 12.7 Å². The summed E-state index contributed by atoms with van der Waals surface area (Å²) in [5.74, 6) is -1.40. The lowest BCUT2D eigenvalue weighted by Crippen LogP contribution is -2.33. The molecule has 2 unspecified atom stereocenters. The molecule has 88 valence electrons. The van der Waals surface area contributed by atoms with Gasteiger partial charge in [-0.05, 0) is 30.5 Å².